The van der Waals surface area contributed by atoms with Gasteiger partial charge in [-0.05, 0) is 47.7 Å². The number of benzene rings is 2. The van der Waals surface area contributed by atoms with E-state index in [1.165, 1.54) is 22.5 Å². The summed E-state index contributed by atoms with van der Waals surface area (Å²) in [7, 11) is 0. The molecule has 0 radical (unpaired) electrons. The number of nitrogens with zero attached hydrogens (tertiary/aromatic N) is 2. The lowest BCUT2D eigenvalue weighted by atomic mass is 10.00. The monoisotopic (exact) mass is 475 g/mol. The number of carbonyl (C=O) groups excluding carboxylic acids is 2. The molecule has 1 unspecified atom stereocenters. The highest BCUT2D eigenvalue weighted by atomic mass is 32.1. The Balaban J connectivity index is 1.13. The number of hydrogen-bond donors (Lipinski definition) is 2. The molecule has 2 amide bonds. The minimum atomic E-state index is -0.622. The zero-order valence-corrected chi connectivity index (χ0v) is 19.9. The second-order valence-electron chi connectivity index (χ2n) is 9.02. The average Bonchev–Trinajstić information content (AvgIpc) is 3.31. The molecular weight excluding hydrogens is 446 g/mol. The van der Waals surface area contributed by atoms with Crippen LogP contribution in [0.3, 0.4) is 0 Å². The van der Waals surface area contributed by atoms with E-state index in [2.05, 4.69) is 34.5 Å². The summed E-state index contributed by atoms with van der Waals surface area (Å²) in [6.45, 7) is 3.67. The number of carbonyl (C=O) groups is 2. The molecule has 34 heavy (non-hydrogen) atoms. The molecule has 0 saturated carbocycles. The first kappa shape index (κ1) is 22.8. The Kier molecular flexibility index (Phi) is 6.76. The van der Waals surface area contributed by atoms with E-state index in [9.17, 15) is 14.7 Å². The van der Waals surface area contributed by atoms with Crippen molar-refractivity contribution in [1.29, 1.82) is 0 Å². The first-order valence-electron chi connectivity index (χ1n) is 11.8. The standard InChI is InChI=1S/C27H29N3O3S/c31-23(18-29-12-10-19-6-4-5-9-21(19)16-29)15-28-26(32)25-14-22-17-30(13-11-24(22)34-25)27(33)20-7-2-1-3-8-20/h1-9,14,23,31H,10-13,15-18H2,(H,28,32). The van der Waals surface area contributed by atoms with Gasteiger partial charge in [-0.25, -0.2) is 0 Å². The number of hydrogen-bond acceptors (Lipinski definition) is 5. The Morgan fingerprint density at radius 1 is 0.941 bits per heavy atom. The summed E-state index contributed by atoms with van der Waals surface area (Å²) in [6, 6.07) is 19.6. The zero-order valence-electron chi connectivity index (χ0n) is 19.1. The quantitative estimate of drug-likeness (QED) is 0.575. The van der Waals surface area contributed by atoms with Gasteiger partial charge in [-0.2, -0.15) is 0 Å². The van der Waals surface area contributed by atoms with Crippen LogP contribution in [0.15, 0.2) is 60.7 Å². The summed E-state index contributed by atoms with van der Waals surface area (Å²) in [4.78, 5) is 31.4. The maximum Gasteiger partial charge on any atom is 0.261 e. The van der Waals surface area contributed by atoms with Gasteiger partial charge in [0.25, 0.3) is 11.8 Å². The van der Waals surface area contributed by atoms with Crippen molar-refractivity contribution in [2.45, 2.75) is 32.0 Å². The van der Waals surface area contributed by atoms with Crippen molar-refractivity contribution in [3.8, 4) is 0 Å². The van der Waals surface area contributed by atoms with Gasteiger partial charge in [0.05, 0.1) is 11.0 Å². The summed E-state index contributed by atoms with van der Waals surface area (Å²) < 4.78 is 0. The van der Waals surface area contributed by atoms with E-state index in [-0.39, 0.29) is 18.4 Å². The van der Waals surface area contributed by atoms with Crippen LogP contribution in [0, 0.1) is 0 Å². The summed E-state index contributed by atoms with van der Waals surface area (Å²) in [5.41, 5.74) is 4.42. The molecule has 0 aliphatic carbocycles. The van der Waals surface area contributed by atoms with Gasteiger partial charge in [0.2, 0.25) is 0 Å². The zero-order chi connectivity index (χ0) is 23.5. The number of amides is 2. The second kappa shape index (κ2) is 10.1. The van der Waals surface area contributed by atoms with Gasteiger partial charge >= 0.3 is 0 Å². The highest BCUT2D eigenvalue weighted by Gasteiger charge is 2.25. The van der Waals surface area contributed by atoms with Crippen molar-refractivity contribution in [2.24, 2.45) is 0 Å². The van der Waals surface area contributed by atoms with Gasteiger partial charge in [-0.3, -0.25) is 14.5 Å². The number of rotatable bonds is 6. The second-order valence-corrected chi connectivity index (χ2v) is 10.2. The smallest absolute Gasteiger partial charge is 0.261 e. The van der Waals surface area contributed by atoms with Crippen LogP contribution >= 0.6 is 11.3 Å². The molecule has 1 atom stereocenters. The molecule has 3 aromatic rings. The van der Waals surface area contributed by atoms with E-state index in [0.717, 1.165) is 36.4 Å². The topological polar surface area (TPSA) is 72.9 Å². The molecule has 5 rings (SSSR count). The summed E-state index contributed by atoms with van der Waals surface area (Å²) in [5, 5.41) is 13.4. The number of aliphatic hydroxyl groups excluding tert-OH is 1. The molecule has 2 N–H and O–H groups in total. The molecule has 0 spiro atoms. The third kappa shape index (κ3) is 5.06. The molecule has 0 fully saturated rings. The van der Waals surface area contributed by atoms with Crippen molar-refractivity contribution in [1.82, 2.24) is 15.1 Å². The molecule has 176 valence electrons. The Labute approximate surface area is 203 Å². The molecule has 0 saturated heterocycles. The highest BCUT2D eigenvalue weighted by Crippen LogP contribution is 2.29. The third-order valence-corrected chi connectivity index (χ3v) is 7.81. The van der Waals surface area contributed by atoms with E-state index in [4.69, 9.17) is 0 Å². The van der Waals surface area contributed by atoms with E-state index in [0.29, 0.717) is 30.1 Å². The van der Waals surface area contributed by atoms with Gasteiger partial charge in [-0.15, -0.1) is 11.3 Å². The minimum absolute atomic E-state index is 0.0203. The molecule has 3 heterocycles. The van der Waals surface area contributed by atoms with Crippen LogP contribution in [0.5, 0.6) is 0 Å². The largest absolute Gasteiger partial charge is 0.390 e. The van der Waals surface area contributed by atoms with Gasteiger partial charge in [-0.1, -0.05) is 42.5 Å². The minimum Gasteiger partial charge on any atom is -0.390 e. The molecule has 7 heteroatoms. The van der Waals surface area contributed by atoms with Gasteiger partial charge in [0.1, 0.15) is 0 Å². The maximum absolute atomic E-state index is 12.8. The van der Waals surface area contributed by atoms with E-state index >= 15 is 0 Å². The lowest BCUT2D eigenvalue weighted by Gasteiger charge is -2.30. The van der Waals surface area contributed by atoms with Crippen molar-refractivity contribution < 1.29 is 14.7 Å². The fourth-order valence-corrected chi connectivity index (χ4v) is 5.83. The Morgan fingerprint density at radius 2 is 1.71 bits per heavy atom. The normalized spacial score (nSPS) is 16.4. The number of aliphatic hydroxyl groups is 1. The first-order chi connectivity index (χ1) is 16.6. The van der Waals surface area contributed by atoms with Crippen molar-refractivity contribution in [3.05, 3.63) is 92.7 Å². The Morgan fingerprint density at radius 3 is 2.53 bits per heavy atom. The molecule has 6 nitrogen and oxygen atoms in total. The predicted octanol–water partition coefficient (Wildman–Crippen LogP) is 3.10. The van der Waals surface area contributed by atoms with E-state index < -0.39 is 6.10 Å². The number of nitrogens with one attached hydrogen (secondary N) is 1. The van der Waals surface area contributed by atoms with Crippen molar-refractivity contribution in [3.63, 3.8) is 0 Å². The average molecular weight is 476 g/mol. The van der Waals surface area contributed by atoms with Gasteiger partial charge in [0, 0.05) is 49.7 Å². The maximum atomic E-state index is 12.8. The van der Waals surface area contributed by atoms with Crippen LogP contribution in [0.1, 0.15) is 41.6 Å². The van der Waals surface area contributed by atoms with Crippen LogP contribution in [-0.2, 0) is 25.9 Å². The number of fused-ring (bicyclic) bond motifs is 2. The summed E-state index contributed by atoms with van der Waals surface area (Å²) in [5.74, 6) is -0.143. The first-order valence-corrected chi connectivity index (χ1v) is 12.6. The van der Waals surface area contributed by atoms with E-state index in [1.807, 2.05) is 41.3 Å². The van der Waals surface area contributed by atoms with E-state index in [1.54, 1.807) is 0 Å². The van der Waals surface area contributed by atoms with Crippen molar-refractivity contribution >= 4 is 23.2 Å². The van der Waals surface area contributed by atoms with Gasteiger partial charge in [0.15, 0.2) is 0 Å². The number of thiophene rings is 1. The summed E-state index contributed by atoms with van der Waals surface area (Å²) >= 11 is 1.49. The highest BCUT2D eigenvalue weighted by molar-refractivity contribution is 7.14. The van der Waals surface area contributed by atoms with Crippen molar-refractivity contribution in [2.75, 3.05) is 26.2 Å². The lowest BCUT2D eigenvalue weighted by Crippen LogP contribution is -2.41. The fourth-order valence-electron chi connectivity index (χ4n) is 4.75. The molecule has 2 aromatic carbocycles. The Hall–Kier alpha value is -3.00. The molecule has 2 aliphatic rings. The lowest BCUT2D eigenvalue weighted by molar-refractivity contribution is 0.0736. The molecular formula is C27H29N3O3S. The van der Waals surface area contributed by atoms with Crippen LogP contribution in [0.4, 0.5) is 0 Å². The van der Waals surface area contributed by atoms with Crippen LogP contribution in [0.25, 0.3) is 0 Å². The van der Waals surface area contributed by atoms with Crippen LogP contribution < -0.4 is 5.32 Å². The predicted molar refractivity (Wildman–Crippen MR) is 133 cm³/mol. The number of β-amino-alcohol motifs (C(OH)–C–C–N with tert-alkyl or cyclic N) is 1. The summed E-state index contributed by atoms with van der Waals surface area (Å²) in [6.07, 6.45) is 1.12. The SMILES string of the molecule is O=C(NCC(O)CN1CCc2ccccc2C1)c1cc2c(s1)CCN(C(=O)c1ccccc1)C2. The van der Waals surface area contributed by atoms with Crippen LogP contribution in [0.2, 0.25) is 0 Å². The van der Waals surface area contributed by atoms with Crippen LogP contribution in [-0.4, -0.2) is 59.0 Å². The molecule has 1 aromatic heterocycles. The third-order valence-electron chi connectivity index (χ3n) is 6.58. The molecule has 2 aliphatic heterocycles. The Bertz CT molecular complexity index is 1180. The van der Waals surface area contributed by atoms with Gasteiger partial charge < -0.3 is 15.3 Å². The molecule has 0 bridgehead atoms. The fraction of sp³-hybridized carbons (Fsp3) is 0.333.